The Morgan fingerprint density at radius 1 is 1.43 bits per heavy atom. The van der Waals surface area contributed by atoms with Crippen LogP contribution in [0.3, 0.4) is 0 Å². The number of hydrogen-bond donors (Lipinski definition) is 2. The van der Waals surface area contributed by atoms with Gasteiger partial charge in [-0.15, -0.1) is 0 Å². The zero-order valence-electron chi connectivity index (χ0n) is 12.7. The highest BCUT2D eigenvalue weighted by Crippen LogP contribution is 2.14. The Balaban J connectivity index is 1.93. The lowest BCUT2D eigenvalue weighted by molar-refractivity contribution is 0.0930. The maximum atomic E-state index is 13.3. The monoisotopic (exact) mass is 294 g/mol. The molecule has 0 aromatic carbocycles. The first-order chi connectivity index (χ1) is 10.1. The summed E-state index contributed by atoms with van der Waals surface area (Å²) in [5.41, 5.74) is 0.239. The summed E-state index contributed by atoms with van der Waals surface area (Å²) in [4.78, 5) is 18.4. The van der Waals surface area contributed by atoms with Crippen LogP contribution in [0.2, 0.25) is 0 Å². The molecular weight excluding hydrogens is 271 g/mol. The standard InChI is InChI=1S/C15H23FN4O/c1-11(20-6-4-3-5-7-20)9-19-15(21)13-8-12(16)10-18-14(13)17-2/h8,10-11H,3-7,9H2,1-2H3,(H,17,18)(H,19,21). The van der Waals surface area contributed by atoms with Crippen LogP contribution in [0.15, 0.2) is 12.3 Å². The van der Waals surface area contributed by atoms with Crippen molar-refractivity contribution in [2.45, 2.75) is 32.2 Å². The van der Waals surface area contributed by atoms with Crippen molar-refractivity contribution in [2.24, 2.45) is 0 Å². The predicted octanol–water partition coefficient (Wildman–Crippen LogP) is 1.87. The summed E-state index contributed by atoms with van der Waals surface area (Å²) in [5.74, 6) is -0.419. The van der Waals surface area contributed by atoms with Crippen LogP contribution in [-0.4, -0.2) is 48.5 Å². The second kappa shape index (κ2) is 7.36. The Kier molecular flexibility index (Phi) is 5.50. The quantitative estimate of drug-likeness (QED) is 0.870. The summed E-state index contributed by atoms with van der Waals surface area (Å²) in [6.07, 6.45) is 4.82. The minimum atomic E-state index is -0.511. The highest BCUT2D eigenvalue weighted by Gasteiger charge is 2.19. The molecule has 5 nitrogen and oxygen atoms in total. The first kappa shape index (κ1) is 15.7. The first-order valence-electron chi connectivity index (χ1n) is 7.47. The van der Waals surface area contributed by atoms with E-state index in [1.54, 1.807) is 7.05 Å². The van der Waals surface area contributed by atoms with E-state index in [4.69, 9.17) is 0 Å². The van der Waals surface area contributed by atoms with Gasteiger partial charge in [0.2, 0.25) is 0 Å². The Morgan fingerprint density at radius 3 is 2.81 bits per heavy atom. The number of aromatic nitrogens is 1. The van der Waals surface area contributed by atoms with Crippen molar-refractivity contribution in [3.63, 3.8) is 0 Å². The van der Waals surface area contributed by atoms with Gasteiger partial charge in [0, 0.05) is 19.6 Å². The number of nitrogens with one attached hydrogen (secondary N) is 2. The van der Waals surface area contributed by atoms with Gasteiger partial charge in [0.15, 0.2) is 0 Å². The van der Waals surface area contributed by atoms with Gasteiger partial charge in [-0.1, -0.05) is 6.42 Å². The summed E-state index contributed by atoms with van der Waals surface area (Å²) in [7, 11) is 1.66. The summed E-state index contributed by atoms with van der Waals surface area (Å²) in [6, 6.07) is 1.49. The minimum absolute atomic E-state index is 0.239. The van der Waals surface area contributed by atoms with Crippen molar-refractivity contribution in [1.82, 2.24) is 15.2 Å². The zero-order valence-corrected chi connectivity index (χ0v) is 12.7. The van der Waals surface area contributed by atoms with Gasteiger partial charge in [-0.05, 0) is 38.9 Å². The maximum Gasteiger partial charge on any atom is 0.255 e. The molecule has 1 atom stereocenters. The molecule has 0 saturated carbocycles. The van der Waals surface area contributed by atoms with Crippen LogP contribution in [0.4, 0.5) is 10.2 Å². The van der Waals surface area contributed by atoms with E-state index >= 15 is 0 Å². The van der Waals surface area contributed by atoms with E-state index in [-0.39, 0.29) is 17.5 Å². The molecule has 1 fully saturated rings. The third-order valence-electron chi connectivity index (χ3n) is 3.91. The average molecular weight is 294 g/mol. The van der Waals surface area contributed by atoms with E-state index in [0.29, 0.717) is 12.4 Å². The van der Waals surface area contributed by atoms with Crippen molar-refractivity contribution in [3.05, 3.63) is 23.6 Å². The minimum Gasteiger partial charge on any atom is -0.372 e. The molecule has 0 spiro atoms. The van der Waals surface area contributed by atoms with Crippen LogP contribution in [0.25, 0.3) is 0 Å². The highest BCUT2D eigenvalue weighted by atomic mass is 19.1. The molecule has 1 aromatic rings. The molecule has 0 bridgehead atoms. The molecule has 116 valence electrons. The number of pyridine rings is 1. The summed E-state index contributed by atoms with van der Waals surface area (Å²) >= 11 is 0. The van der Waals surface area contributed by atoms with Crippen molar-refractivity contribution in [1.29, 1.82) is 0 Å². The van der Waals surface area contributed by atoms with E-state index in [0.717, 1.165) is 19.3 Å². The maximum absolute atomic E-state index is 13.3. The van der Waals surface area contributed by atoms with Crippen LogP contribution < -0.4 is 10.6 Å². The van der Waals surface area contributed by atoms with E-state index < -0.39 is 5.82 Å². The second-order valence-electron chi connectivity index (χ2n) is 5.46. The van der Waals surface area contributed by atoms with Gasteiger partial charge < -0.3 is 10.6 Å². The zero-order chi connectivity index (χ0) is 15.2. The number of hydrogen-bond acceptors (Lipinski definition) is 4. The van der Waals surface area contributed by atoms with Gasteiger partial charge in [-0.25, -0.2) is 9.37 Å². The van der Waals surface area contributed by atoms with Gasteiger partial charge in [-0.2, -0.15) is 0 Å². The molecule has 2 heterocycles. The number of amides is 1. The molecular formula is C15H23FN4O. The molecule has 1 saturated heterocycles. The van der Waals surface area contributed by atoms with Crippen LogP contribution in [0, 0.1) is 5.82 Å². The Labute approximate surface area is 124 Å². The molecule has 1 amide bonds. The molecule has 6 heteroatoms. The third-order valence-corrected chi connectivity index (χ3v) is 3.91. The van der Waals surface area contributed by atoms with Gasteiger partial charge in [-0.3, -0.25) is 9.69 Å². The number of piperidine rings is 1. The molecule has 2 N–H and O–H groups in total. The topological polar surface area (TPSA) is 57.3 Å². The van der Waals surface area contributed by atoms with Crippen molar-refractivity contribution >= 4 is 11.7 Å². The van der Waals surface area contributed by atoms with Crippen LogP contribution in [0.5, 0.6) is 0 Å². The fraction of sp³-hybridized carbons (Fsp3) is 0.600. The van der Waals surface area contributed by atoms with Crippen LogP contribution in [-0.2, 0) is 0 Å². The van der Waals surface area contributed by atoms with E-state index in [2.05, 4.69) is 27.4 Å². The summed E-state index contributed by atoms with van der Waals surface area (Å²) < 4.78 is 13.3. The average Bonchev–Trinajstić information content (AvgIpc) is 2.53. The number of likely N-dealkylation sites (tertiary alicyclic amines) is 1. The van der Waals surface area contributed by atoms with Crippen LogP contribution in [0.1, 0.15) is 36.5 Å². The van der Waals surface area contributed by atoms with Crippen molar-refractivity contribution in [2.75, 3.05) is 32.0 Å². The highest BCUT2D eigenvalue weighted by molar-refractivity contribution is 5.98. The number of halogens is 1. The van der Waals surface area contributed by atoms with Crippen LogP contribution >= 0.6 is 0 Å². The summed E-state index contributed by atoms with van der Waals surface area (Å²) in [6.45, 7) is 4.83. The van der Waals surface area contributed by atoms with E-state index in [1.807, 2.05) is 0 Å². The predicted molar refractivity (Wildman–Crippen MR) is 81.0 cm³/mol. The van der Waals surface area contributed by atoms with Crippen molar-refractivity contribution < 1.29 is 9.18 Å². The lowest BCUT2D eigenvalue weighted by Crippen LogP contribution is -2.44. The largest absolute Gasteiger partial charge is 0.372 e. The number of nitrogens with zero attached hydrogens (tertiary/aromatic N) is 2. The number of anilines is 1. The Bertz CT molecular complexity index is 489. The number of rotatable bonds is 5. The fourth-order valence-corrected chi connectivity index (χ4v) is 2.64. The normalized spacial score (nSPS) is 17.3. The molecule has 2 rings (SSSR count). The molecule has 1 aromatic heterocycles. The molecule has 1 aliphatic rings. The number of carbonyl (C=O) groups excluding carboxylic acids is 1. The Morgan fingerprint density at radius 2 is 2.14 bits per heavy atom. The van der Waals surface area contributed by atoms with E-state index in [9.17, 15) is 9.18 Å². The summed E-state index contributed by atoms with van der Waals surface area (Å²) in [5, 5.41) is 5.68. The molecule has 1 aliphatic heterocycles. The van der Waals surface area contributed by atoms with Gasteiger partial charge in [0.05, 0.1) is 11.8 Å². The van der Waals surface area contributed by atoms with Gasteiger partial charge in [0.25, 0.3) is 5.91 Å². The lowest BCUT2D eigenvalue weighted by atomic mass is 10.1. The molecule has 1 unspecified atom stereocenters. The van der Waals surface area contributed by atoms with Crippen molar-refractivity contribution in [3.8, 4) is 0 Å². The number of carbonyl (C=O) groups is 1. The lowest BCUT2D eigenvalue weighted by Gasteiger charge is -2.32. The Hall–Kier alpha value is -1.69. The fourth-order valence-electron chi connectivity index (χ4n) is 2.64. The molecule has 0 aliphatic carbocycles. The molecule has 21 heavy (non-hydrogen) atoms. The SMILES string of the molecule is CNc1ncc(F)cc1C(=O)NCC(C)N1CCCCC1. The first-order valence-corrected chi connectivity index (χ1v) is 7.47. The third kappa shape index (κ3) is 4.14. The van der Waals surface area contributed by atoms with Gasteiger partial charge >= 0.3 is 0 Å². The smallest absolute Gasteiger partial charge is 0.255 e. The van der Waals surface area contributed by atoms with Gasteiger partial charge in [0.1, 0.15) is 11.6 Å². The van der Waals surface area contributed by atoms with E-state index in [1.165, 1.54) is 25.3 Å². The molecule has 0 radical (unpaired) electrons. The second-order valence-corrected chi connectivity index (χ2v) is 5.46.